The summed E-state index contributed by atoms with van der Waals surface area (Å²) in [6.07, 6.45) is 4.78. The normalized spacial score (nSPS) is 23.3. The van der Waals surface area contributed by atoms with Crippen LogP contribution in [0.15, 0.2) is 10.9 Å². The number of fused-ring (bicyclic) bond motifs is 2. The highest BCUT2D eigenvalue weighted by molar-refractivity contribution is 5.77. The Balaban J connectivity index is 1.39. The number of aromatic nitrogens is 3. The van der Waals surface area contributed by atoms with Crippen LogP contribution in [-0.2, 0) is 27.2 Å². The second-order valence-corrected chi connectivity index (χ2v) is 8.92. The van der Waals surface area contributed by atoms with Crippen molar-refractivity contribution in [3.8, 4) is 0 Å². The Bertz CT molecular complexity index is 1010. The van der Waals surface area contributed by atoms with Gasteiger partial charge in [0.25, 0.3) is 5.56 Å². The minimum atomic E-state index is 0.00568. The number of nitrogens with zero attached hydrogens (tertiary/aromatic N) is 4. The van der Waals surface area contributed by atoms with Crippen molar-refractivity contribution in [1.29, 1.82) is 0 Å². The lowest BCUT2D eigenvalue weighted by Gasteiger charge is -2.36. The molecular weight excluding hydrogens is 398 g/mol. The van der Waals surface area contributed by atoms with Gasteiger partial charge in [-0.2, -0.15) is 0 Å². The number of rotatable bonds is 4. The van der Waals surface area contributed by atoms with Gasteiger partial charge in [0.1, 0.15) is 6.61 Å². The summed E-state index contributed by atoms with van der Waals surface area (Å²) >= 11 is 0. The molecule has 3 aliphatic rings. The zero-order valence-corrected chi connectivity index (χ0v) is 18.1. The summed E-state index contributed by atoms with van der Waals surface area (Å²) in [7, 11) is 1.54. The van der Waals surface area contributed by atoms with Crippen LogP contribution in [0.3, 0.4) is 0 Å². The minimum absolute atomic E-state index is 0.00568. The predicted molar refractivity (Wildman–Crippen MR) is 114 cm³/mol. The fourth-order valence-electron chi connectivity index (χ4n) is 5.26. The number of hydrogen-bond acceptors (Lipinski definition) is 6. The third kappa shape index (κ3) is 4.02. The highest BCUT2D eigenvalue weighted by Gasteiger charge is 2.30. The maximum absolute atomic E-state index is 13.3. The molecular formula is C22H31N5O4. The van der Waals surface area contributed by atoms with Gasteiger partial charge in [0.05, 0.1) is 11.3 Å². The van der Waals surface area contributed by atoms with E-state index in [0.717, 1.165) is 75.4 Å². The number of aromatic amines is 1. The van der Waals surface area contributed by atoms with Gasteiger partial charge < -0.3 is 14.4 Å². The highest BCUT2D eigenvalue weighted by atomic mass is 16.5. The van der Waals surface area contributed by atoms with Crippen LogP contribution < -0.4 is 5.56 Å². The quantitative estimate of drug-likeness (QED) is 0.777. The number of amides is 1. The van der Waals surface area contributed by atoms with Crippen molar-refractivity contribution in [1.82, 2.24) is 24.4 Å². The Morgan fingerprint density at radius 2 is 2.13 bits per heavy atom. The summed E-state index contributed by atoms with van der Waals surface area (Å²) in [4.78, 5) is 34.7. The first kappa shape index (κ1) is 20.7. The van der Waals surface area contributed by atoms with Gasteiger partial charge in [0.15, 0.2) is 5.65 Å². The Morgan fingerprint density at radius 1 is 1.29 bits per heavy atom. The molecule has 1 amide bonds. The molecule has 1 atom stereocenters. The lowest BCUT2D eigenvalue weighted by Crippen LogP contribution is -2.44. The molecule has 5 heterocycles. The van der Waals surface area contributed by atoms with E-state index in [1.54, 1.807) is 11.6 Å². The van der Waals surface area contributed by atoms with E-state index in [-0.39, 0.29) is 24.0 Å². The summed E-state index contributed by atoms with van der Waals surface area (Å²) in [6.45, 7) is 4.71. The van der Waals surface area contributed by atoms with Crippen molar-refractivity contribution in [3.05, 3.63) is 33.4 Å². The van der Waals surface area contributed by atoms with Gasteiger partial charge in [-0.15, -0.1) is 0 Å². The SMILES string of the molecule is COCC(=O)N1CCCC(c2cc3nc4c(c(=O)n3[nH]2)CN(C2CCOCC2)CC4)C1. The van der Waals surface area contributed by atoms with Crippen molar-refractivity contribution < 1.29 is 14.3 Å². The summed E-state index contributed by atoms with van der Waals surface area (Å²) in [5.74, 6) is 0.189. The molecule has 2 aromatic heterocycles. The maximum Gasteiger partial charge on any atom is 0.277 e. The Hall–Kier alpha value is -2.23. The van der Waals surface area contributed by atoms with Crippen LogP contribution in [0.2, 0.25) is 0 Å². The molecule has 1 unspecified atom stereocenters. The van der Waals surface area contributed by atoms with Gasteiger partial charge in [-0.1, -0.05) is 0 Å². The molecule has 0 aromatic carbocycles. The number of piperidine rings is 1. The average molecular weight is 430 g/mol. The minimum Gasteiger partial charge on any atom is -0.381 e. The summed E-state index contributed by atoms with van der Waals surface area (Å²) in [6, 6.07) is 2.47. The molecule has 9 nitrogen and oxygen atoms in total. The predicted octanol–water partition coefficient (Wildman–Crippen LogP) is 0.912. The van der Waals surface area contributed by atoms with Crippen LogP contribution in [0.1, 0.15) is 48.6 Å². The average Bonchev–Trinajstić information content (AvgIpc) is 3.24. The van der Waals surface area contributed by atoms with E-state index in [1.165, 1.54) is 0 Å². The van der Waals surface area contributed by atoms with Gasteiger partial charge in [-0.3, -0.25) is 19.6 Å². The lowest BCUT2D eigenvalue weighted by atomic mass is 9.95. The first-order valence-corrected chi connectivity index (χ1v) is 11.4. The molecule has 0 aliphatic carbocycles. The van der Waals surface area contributed by atoms with Gasteiger partial charge in [0, 0.05) is 76.6 Å². The first-order valence-electron chi connectivity index (χ1n) is 11.4. The van der Waals surface area contributed by atoms with Crippen LogP contribution in [0.5, 0.6) is 0 Å². The number of carbonyl (C=O) groups excluding carboxylic acids is 1. The monoisotopic (exact) mass is 429 g/mol. The Kier molecular flexibility index (Phi) is 5.81. The number of ether oxygens (including phenoxy) is 2. The number of likely N-dealkylation sites (tertiary alicyclic amines) is 1. The molecule has 0 radical (unpaired) electrons. The number of hydrogen-bond donors (Lipinski definition) is 1. The Morgan fingerprint density at radius 3 is 2.94 bits per heavy atom. The zero-order valence-electron chi connectivity index (χ0n) is 18.1. The van der Waals surface area contributed by atoms with E-state index >= 15 is 0 Å². The van der Waals surface area contributed by atoms with E-state index < -0.39 is 0 Å². The summed E-state index contributed by atoms with van der Waals surface area (Å²) < 4.78 is 12.1. The van der Waals surface area contributed by atoms with E-state index in [2.05, 4.69) is 10.00 Å². The molecule has 3 aliphatic heterocycles. The molecule has 168 valence electrons. The van der Waals surface area contributed by atoms with E-state index in [9.17, 15) is 9.59 Å². The molecule has 2 saturated heterocycles. The van der Waals surface area contributed by atoms with E-state index in [0.29, 0.717) is 24.8 Å². The molecule has 0 spiro atoms. The number of methoxy groups -OCH3 is 1. The van der Waals surface area contributed by atoms with E-state index in [1.807, 2.05) is 11.0 Å². The van der Waals surface area contributed by atoms with Crippen LogP contribution in [-0.4, -0.2) is 82.9 Å². The Labute approximate surface area is 181 Å². The maximum atomic E-state index is 13.3. The summed E-state index contributed by atoms with van der Waals surface area (Å²) in [5.41, 5.74) is 3.40. The fraction of sp³-hybridized carbons (Fsp3) is 0.682. The second kappa shape index (κ2) is 8.72. The van der Waals surface area contributed by atoms with Crippen molar-refractivity contribution in [2.24, 2.45) is 0 Å². The van der Waals surface area contributed by atoms with Gasteiger partial charge >= 0.3 is 0 Å². The third-order valence-electron chi connectivity index (χ3n) is 7.00. The topological polar surface area (TPSA) is 92.2 Å². The summed E-state index contributed by atoms with van der Waals surface area (Å²) in [5, 5.41) is 3.30. The lowest BCUT2D eigenvalue weighted by molar-refractivity contribution is -0.136. The molecule has 2 aromatic rings. The first-order chi connectivity index (χ1) is 15.1. The largest absolute Gasteiger partial charge is 0.381 e. The molecule has 31 heavy (non-hydrogen) atoms. The van der Waals surface area contributed by atoms with Gasteiger partial charge in [-0.05, 0) is 25.7 Å². The van der Waals surface area contributed by atoms with Crippen molar-refractivity contribution >= 4 is 11.6 Å². The molecule has 0 saturated carbocycles. The van der Waals surface area contributed by atoms with Crippen LogP contribution >= 0.6 is 0 Å². The van der Waals surface area contributed by atoms with Crippen molar-refractivity contribution in [2.45, 2.75) is 50.6 Å². The second-order valence-electron chi connectivity index (χ2n) is 8.92. The van der Waals surface area contributed by atoms with E-state index in [4.69, 9.17) is 14.5 Å². The smallest absolute Gasteiger partial charge is 0.277 e. The van der Waals surface area contributed by atoms with Crippen molar-refractivity contribution in [3.63, 3.8) is 0 Å². The standard InChI is InChI=1S/C22H31N5O4/c1-30-14-21(28)26-7-2-3-15(12-26)19-11-20-23-18-4-8-25(16-5-9-31-10-6-16)13-17(18)22(29)27(20)24-19/h11,15-16,24H,2-10,12-14H2,1H3. The van der Waals surface area contributed by atoms with Crippen LogP contribution in [0.4, 0.5) is 0 Å². The van der Waals surface area contributed by atoms with Gasteiger partial charge in [0.2, 0.25) is 5.91 Å². The molecule has 0 bridgehead atoms. The molecule has 9 heteroatoms. The number of nitrogens with one attached hydrogen (secondary N) is 1. The van der Waals surface area contributed by atoms with Crippen molar-refractivity contribution in [2.75, 3.05) is 46.6 Å². The highest BCUT2D eigenvalue weighted by Crippen LogP contribution is 2.27. The van der Waals surface area contributed by atoms with Crippen LogP contribution in [0, 0.1) is 0 Å². The molecule has 5 rings (SSSR count). The van der Waals surface area contributed by atoms with Crippen LogP contribution in [0.25, 0.3) is 5.65 Å². The molecule has 2 fully saturated rings. The number of H-pyrrole nitrogens is 1. The zero-order chi connectivity index (χ0) is 21.4. The fourth-order valence-corrected chi connectivity index (χ4v) is 5.26. The molecule has 1 N–H and O–H groups in total. The third-order valence-corrected chi connectivity index (χ3v) is 7.00. The van der Waals surface area contributed by atoms with Gasteiger partial charge in [-0.25, -0.2) is 9.50 Å². The number of carbonyl (C=O) groups is 1.